The van der Waals surface area contributed by atoms with Crippen molar-refractivity contribution in [1.82, 2.24) is 0 Å². The van der Waals surface area contributed by atoms with E-state index >= 15 is 0 Å². The van der Waals surface area contributed by atoms with Crippen molar-refractivity contribution in [3.8, 4) is 0 Å². The summed E-state index contributed by atoms with van der Waals surface area (Å²) in [5, 5.41) is 9.13. The first-order chi connectivity index (χ1) is 7.26. The number of aliphatic hydroxyl groups excluding tert-OH is 1. The van der Waals surface area contributed by atoms with Gasteiger partial charge in [-0.25, -0.2) is 0 Å². The summed E-state index contributed by atoms with van der Waals surface area (Å²) in [6.07, 6.45) is 0. The van der Waals surface area contributed by atoms with Gasteiger partial charge in [-0.2, -0.15) is 0 Å². The van der Waals surface area contributed by atoms with Crippen molar-refractivity contribution in [2.75, 3.05) is 26.2 Å². The van der Waals surface area contributed by atoms with Gasteiger partial charge in [0.05, 0.1) is 19.7 Å². The summed E-state index contributed by atoms with van der Waals surface area (Å²) in [6.45, 7) is 8.69. The summed E-state index contributed by atoms with van der Waals surface area (Å²) in [5.41, 5.74) is 1.36. The quantitative estimate of drug-likeness (QED) is 0.709. The molecule has 0 bridgehead atoms. The molecule has 0 aliphatic rings. The van der Waals surface area contributed by atoms with Gasteiger partial charge >= 0.3 is 0 Å². The van der Waals surface area contributed by atoms with E-state index in [1.54, 1.807) is 0 Å². The van der Waals surface area contributed by atoms with Crippen LogP contribution in [0.5, 0.6) is 0 Å². The van der Waals surface area contributed by atoms with E-state index in [-0.39, 0.29) is 6.61 Å². The molecule has 84 valence electrons. The normalized spacial score (nSPS) is 11.7. The Labute approximate surface area is 92.8 Å². The Bertz CT molecular complexity index is 267. The van der Waals surface area contributed by atoms with Crippen molar-refractivity contribution in [2.45, 2.75) is 20.4 Å². The SMILES string of the molecule is CC[N+](CC)(CCO)Cc1ccccc1. The first kappa shape index (κ1) is 12.2. The molecule has 0 aliphatic carbocycles. The van der Waals surface area contributed by atoms with Crippen LogP contribution in [0.2, 0.25) is 0 Å². The number of aliphatic hydroxyl groups is 1. The molecule has 0 spiro atoms. The molecule has 0 radical (unpaired) electrons. The number of hydrogen-bond donors (Lipinski definition) is 1. The average Bonchev–Trinajstić information content (AvgIpc) is 2.30. The van der Waals surface area contributed by atoms with Crippen molar-refractivity contribution in [3.63, 3.8) is 0 Å². The van der Waals surface area contributed by atoms with Crippen LogP contribution in [0.25, 0.3) is 0 Å². The van der Waals surface area contributed by atoms with Crippen molar-refractivity contribution in [1.29, 1.82) is 0 Å². The van der Waals surface area contributed by atoms with E-state index < -0.39 is 0 Å². The van der Waals surface area contributed by atoms with Crippen LogP contribution in [-0.4, -0.2) is 35.8 Å². The zero-order chi connectivity index (χ0) is 11.1. The van der Waals surface area contributed by atoms with Crippen LogP contribution >= 0.6 is 0 Å². The largest absolute Gasteiger partial charge is 0.391 e. The minimum Gasteiger partial charge on any atom is -0.391 e. The number of benzene rings is 1. The first-order valence-electron chi connectivity index (χ1n) is 5.76. The molecule has 0 atom stereocenters. The third kappa shape index (κ3) is 3.33. The zero-order valence-electron chi connectivity index (χ0n) is 9.82. The van der Waals surface area contributed by atoms with E-state index in [0.29, 0.717) is 0 Å². The maximum atomic E-state index is 9.13. The molecule has 1 N–H and O–H groups in total. The second kappa shape index (κ2) is 5.89. The number of likely N-dealkylation sites (N-methyl/N-ethyl adjacent to an activating group) is 1. The predicted molar refractivity (Wildman–Crippen MR) is 63.4 cm³/mol. The second-order valence-electron chi connectivity index (χ2n) is 4.07. The molecule has 0 aliphatic heterocycles. The molecule has 1 aromatic rings. The monoisotopic (exact) mass is 208 g/mol. The highest BCUT2D eigenvalue weighted by Gasteiger charge is 2.22. The van der Waals surface area contributed by atoms with Gasteiger partial charge in [0.1, 0.15) is 13.1 Å². The number of hydrogen-bond acceptors (Lipinski definition) is 1. The van der Waals surface area contributed by atoms with Crippen molar-refractivity contribution in [2.24, 2.45) is 0 Å². The van der Waals surface area contributed by atoms with Gasteiger partial charge in [0.2, 0.25) is 0 Å². The summed E-state index contributed by atoms with van der Waals surface area (Å²) in [5.74, 6) is 0. The fraction of sp³-hybridized carbons (Fsp3) is 0.538. The number of quaternary nitrogens is 1. The van der Waals surface area contributed by atoms with Gasteiger partial charge < -0.3 is 9.59 Å². The molecule has 0 amide bonds. The van der Waals surface area contributed by atoms with E-state index in [0.717, 1.165) is 30.7 Å². The van der Waals surface area contributed by atoms with Gasteiger partial charge in [-0.15, -0.1) is 0 Å². The molecule has 15 heavy (non-hydrogen) atoms. The van der Waals surface area contributed by atoms with Gasteiger partial charge in [-0.05, 0) is 13.8 Å². The van der Waals surface area contributed by atoms with Crippen LogP contribution in [0, 0.1) is 0 Å². The molecule has 1 aromatic carbocycles. The molecule has 2 nitrogen and oxygen atoms in total. The lowest BCUT2D eigenvalue weighted by atomic mass is 10.2. The van der Waals surface area contributed by atoms with Gasteiger partial charge in [0.25, 0.3) is 0 Å². The Morgan fingerprint density at radius 2 is 1.67 bits per heavy atom. The zero-order valence-corrected chi connectivity index (χ0v) is 9.82. The number of nitrogens with zero attached hydrogens (tertiary/aromatic N) is 1. The molecule has 0 heterocycles. The maximum Gasteiger partial charge on any atom is 0.104 e. The highest BCUT2D eigenvalue weighted by Crippen LogP contribution is 2.13. The molecule has 0 aromatic heterocycles. The molecule has 0 saturated carbocycles. The highest BCUT2D eigenvalue weighted by molar-refractivity contribution is 5.13. The Morgan fingerprint density at radius 1 is 1.07 bits per heavy atom. The summed E-state index contributed by atoms with van der Waals surface area (Å²) >= 11 is 0. The lowest BCUT2D eigenvalue weighted by Gasteiger charge is -2.36. The average molecular weight is 208 g/mol. The lowest BCUT2D eigenvalue weighted by Crippen LogP contribution is -2.48. The van der Waals surface area contributed by atoms with E-state index in [4.69, 9.17) is 5.11 Å². The van der Waals surface area contributed by atoms with Crippen LogP contribution in [0.15, 0.2) is 30.3 Å². The number of rotatable bonds is 6. The first-order valence-corrected chi connectivity index (χ1v) is 5.76. The fourth-order valence-corrected chi connectivity index (χ4v) is 2.03. The summed E-state index contributed by atoms with van der Waals surface area (Å²) in [7, 11) is 0. The third-order valence-corrected chi connectivity index (χ3v) is 3.28. The molecule has 0 fully saturated rings. The van der Waals surface area contributed by atoms with Crippen LogP contribution in [0.1, 0.15) is 19.4 Å². The van der Waals surface area contributed by atoms with Crippen molar-refractivity contribution >= 4 is 0 Å². The van der Waals surface area contributed by atoms with E-state index in [1.165, 1.54) is 5.56 Å². The Kier molecular flexibility index (Phi) is 4.79. The molecular formula is C13H22NO+. The third-order valence-electron chi connectivity index (χ3n) is 3.28. The van der Waals surface area contributed by atoms with Crippen molar-refractivity contribution in [3.05, 3.63) is 35.9 Å². The molecular weight excluding hydrogens is 186 g/mol. The van der Waals surface area contributed by atoms with Crippen LogP contribution < -0.4 is 0 Å². The van der Waals surface area contributed by atoms with Gasteiger partial charge in [-0.1, -0.05) is 30.3 Å². The Morgan fingerprint density at radius 3 is 2.13 bits per heavy atom. The smallest absolute Gasteiger partial charge is 0.104 e. The minimum absolute atomic E-state index is 0.272. The minimum atomic E-state index is 0.272. The standard InChI is InChI=1S/C13H22NO/c1-3-14(4-2,10-11-15)12-13-8-6-5-7-9-13/h5-9,15H,3-4,10-12H2,1-2H3/q+1. The van der Waals surface area contributed by atoms with E-state index in [2.05, 4.69) is 38.1 Å². The summed E-state index contributed by atoms with van der Waals surface area (Å²) in [6, 6.07) is 10.5. The Hall–Kier alpha value is -0.860. The fourth-order valence-electron chi connectivity index (χ4n) is 2.03. The molecule has 0 unspecified atom stereocenters. The van der Waals surface area contributed by atoms with E-state index in [9.17, 15) is 0 Å². The van der Waals surface area contributed by atoms with Crippen LogP contribution in [-0.2, 0) is 6.54 Å². The van der Waals surface area contributed by atoms with Gasteiger partial charge in [0.15, 0.2) is 0 Å². The molecule has 0 saturated heterocycles. The van der Waals surface area contributed by atoms with Gasteiger partial charge in [0, 0.05) is 5.56 Å². The van der Waals surface area contributed by atoms with Crippen LogP contribution in [0.3, 0.4) is 0 Å². The van der Waals surface area contributed by atoms with Crippen molar-refractivity contribution < 1.29 is 9.59 Å². The molecule has 2 heteroatoms. The van der Waals surface area contributed by atoms with Crippen LogP contribution in [0.4, 0.5) is 0 Å². The predicted octanol–water partition coefficient (Wildman–Crippen LogP) is 2.04. The maximum absolute atomic E-state index is 9.13. The second-order valence-corrected chi connectivity index (χ2v) is 4.07. The summed E-state index contributed by atoms with van der Waals surface area (Å²) in [4.78, 5) is 0. The van der Waals surface area contributed by atoms with Gasteiger partial charge in [-0.3, -0.25) is 0 Å². The lowest BCUT2D eigenvalue weighted by molar-refractivity contribution is -0.938. The summed E-state index contributed by atoms with van der Waals surface area (Å²) < 4.78 is 0.973. The highest BCUT2D eigenvalue weighted by atomic mass is 16.3. The van der Waals surface area contributed by atoms with E-state index in [1.807, 2.05) is 6.07 Å². The molecule has 1 rings (SSSR count). The topological polar surface area (TPSA) is 20.2 Å². The Balaban J connectivity index is 2.74.